The van der Waals surface area contributed by atoms with Gasteiger partial charge in [-0.25, -0.2) is 13.4 Å². The standard InChI is InChI=1S/C12H14ClN3O2S2/c1-14-12-11(13)6-10(7-15-12)20(17,18)16(2)8-9-4-3-5-19-9/h3-7H,8H2,1-2H3,(H,14,15). The molecule has 0 aliphatic rings. The summed E-state index contributed by atoms with van der Waals surface area (Å²) < 4.78 is 26.1. The Labute approximate surface area is 127 Å². The van der Waals surface area contributed by atoms with Crippen molar-refractivity contribution in [1.29, 1.82) is 0 Å². The van der Waals surface area contributed by atoms with E-state index in [9.17, 15) is 8.42 Å². The van der Waals surface area contributed by atoms with Crippen LogP contribution in [0.5, 0.6) is 0 Å². The van der Waals surface area contributed by atoms with Gasteiger partial charge < -0.3 is 5.32 Å². The van der Waals surface area contributed by atoms with E-state index in [1.54, 1.807) is 7.05 Å². The van der Waals surface area contributed by atoms with Crippen molar-refractivity contribution in [3.05, 3.63) is 39.7 Å². The summed E-state index contributed by atoms with van der Waals surface area (Å²) in [6, 6.07) is 5.19. The Morgan fingerprint density at radius 2 is 2.25 bits per heavy atom. The summed E-state index contributed by atoms with van der Waals surface area (Å²) in [4.78, 5) is 5.05. The van der Waals surface area contributed by atoms with Crippen LogP contribution in [0.15, 0.2) is 34.7 Å². The zero-order valence-electron chi connectivity index (χ0n) is 11.0. The van der Waals surface area contributed by atoms with E-state index in [-0.39, 0.29) is 9.92 Å². The van der Waals surface area contributed by atoms with E-state index in [1.807, 2.05) is 17.5 Å². The highest BCUT2D eigenvalue weighted by molar-refractivity contribution is 7.89. The molecule has 0 saturated carbocycles. The summed E-state index contributed by atoms with van der Waals surface area (Å²) in [5.41, 5.74) is 0. The van der Waals surface area contributed by atoms with E-state index in [0.29, 0.717) is 12.4 Å². The van der Waals surface area contributed by atoms with Crippen molar-refractivity contribution in [3.63, 3.8) is 0 Å². The molecule has 0 radical (unpaired) electrons. The van der Waals surface area contributed by atoms with Crippen LogP contribution in [0.1, 0.15) is 4.88 Å². The summed E-state index contributed by atoms with van der Waals surface area (Å²) >= 11 is 7.49. The molecule has 0 atom stereocenters. The molecule has 0 amide bonds. The van der Waals surface area contributed by atoms with Crippen LogP contribution in [0.4, 0.5) is 5.82 Å². The highest BCUT2D eigenvalue weighted by Crippen LogP contribution is 2.24. The molecule has 0 bridgehead atoms. The smallest absolute Gasteiger partial charge is 0.244 e. The number of halogens is 1. The van der Waals surface area contributed by atoms with Crippen molar-refractivity contribution in [2.24, 2.45) is 0 Å². The predicted octanol–water partition coefficient (Wildman–Crippen LogP) is 2.66. The first-order valence-corrected chi connectivity index (χ1v) is 8.47. The first-order chi connectivity index (χ1) is 9.45. The Morgan fingerprint density at radius 3 is 2.80 bits per heavy atom. The molecule has 0 aromatic carbocycles. The fourth-order valence-electron chi connectivity index (χ4n) is 1.63. The Bertz CT molecular complexity index is 687. The summed E-state index contributed by atoms with van der Waals surface area (Å²) in [6.45, 7) is 0.325. The van der Waals surface area contributed by atoms with Gasteiger partial charge in [0.25, 0.3) is 0 Å². The minimum Gasteiger partial charge on any atom is -0.372 e. The number of nitrogens with zero attached hydrogens (tertiary/aromatic N) is 2. The monoisotopic (exact) mass is 331 g/mol. The second-order valence-electron chi connectivity index (χ2n) is 4.09. The number of anilines is 1. The van der Waals surface area contributed by atoms with Crippen molar-refractivity contribution in [3.8, 4) is 0 Å². The molecule has 0 aliphatic carbocycles. The quantitative estimate of drug-likeness (QED) is 0.915. The Balaban J connectivity index is 2.27. The number of aromatic nitrogens is 1. The third-order valence-corrected chi connectivity index (χ3v) is 5.64. The molecule has 0 saturated heterocycles. The first kappa shape index (κ1) is 15.2. The van der Waals surface area contributed by atoms with Crippen molar-refractivity contribution < 1.29 is 8.42 Å². The summed E-state index contributed by atoms with van der Waals surface area (Å²) in [7, 11) is -0.389. The molecular formula is C12H14ClN3O2S2. The fourth-order valence-corrected chi connectivity index (χ4v) is 3.92. The van der Waals surface area contributed by atoms with Gasteiger partial charge >= 0.3 is 0 Å². The average molecular weight is 332 g/mol. The summed E-state index contributed by atoms with van der Waals surface area (Å²) in [5.74, 6) is 0.450. The number of pyridine rings is 1. The normalized spacial score (nSPS) is 11.8. The number of thiophene rings is 1. The molecule has 2 heterocycles. The molecule has 20 heavy (non-hydrogen) atoms. The zero-order chi connectivity index (χ0) is 14.8. The lowest BCUT2D eigenvalue weighted by molar-refractivity contribution is 0.469. The number of rotatable bonds is 5. The van der Waals surface area contributed by atoms with Crippen LogP contribution < -0.4 is 5.32 Å². The third kappa shape index (κ3) is 3.12. The molecule has 2 aromatic rings. The first-order valence-electron chi connectivity index (χ1n) is 5.77. The maximum absolute atomic E-state index is 12.4. The topological polar surface area (TPSA) is 62.3 Å². The molecule has 2 rings (SSSR count). The zero-order valence-corrected chi connectivity index (χ0v) is 13.4. The lowest BCUT2D eigenvalue weighted by Gasteiger charge is -2.16. The second kappa shape index (κ2) is 6.09. The Morgan fingerprint density at radius 1 is 1.50 bits per heavy atom. The number of sulfonamides is 1. The van der Waals surface area contributed by atoms with Gasteiger partial charge in [0.15, 0.2) is 0 Å². The van der Waals surface area contributed by atoms with Gasteiger partial charge in [-0.2, -0.15) is 4.31 Å². The molecule has 8 heteroatoms. The highest BCUT2D eigenvalue weighted by Gasteiger charge is 2.22. The molecule has 0 unspecified atom stereocenters. The fraction of sp³-hybridized carbons (Fsp3) is 0.250. The lowest BCUT2D eigenvalue weighted by atomic mass is 10.4. The van der Waals surface area contributed by atoms with Crippen LogP contribution in [-0.4, -0.2) is 31.8 Å². The largest absolute Gasteiger partial charge is 0.372 e. The van der Waals surface area contributed by atoms with Crippen LogP contribution in [0.3, 0.4) is 0 Å². The molecular weight excluding hydrogens is 318 g/mol. The predicted molar refractivity (Wildman–Crippen MR) is 81.8 cm³/mol. The van der Waals surface area contributed by atoms with Crippen LogP contribution >= 0.6 is 22.9 Å². The highest BCUT2D eigenvalue weighted by atomic mass is 35.5. The van der Waals surface area contributed by atoms with E-state index in [4.69, 9.17) is 11.6 Å². The maximum Gasteiger partial charge on any atom is 0.244 e. The van der Waals surface area contributed by atoms with Gasteiger partial charge in [-0.15, -0.1) is 11.3 Å². The van der Waals surface area contributed by atoms with Gasteiger partial charge in [0.05, 0.1) is 5.02 Å². The van der Waals surface area contributed by atoms with Gasteiger partial charge in [0, 0.05) is 31.7 Å². The van der Waals surface area contributed by atoms with Crippen molar-refractivity contribution in [1.82, 2.24) is 9.29 Å². The lowest BCUT2D eigenvalue weighted by Crippen LogP contribution is -2.26. The van der Waals surface area contributed by atoms with E-state index in [2.05, 4.69) is 10.3 Å². The minimum absolute atomic E-state index is 0.0838. The molecule has 0 fully saturated rings. The average Bonchev–Trinajstić information content (AvgIpc) is 2.91. The van der Waals surface area contributed by atoms with E-state index in [0.717, 1.165) is 4.88 Å². The number of hydrogen-bond donors (Lipinski definition) is 1. The van der Waals surface area contributed by atoms with Gasteiger partial charge in [-0.05, 0) is 17.5 Å². The Kier molecular flexibility index (Phi) is 4.64. The molecule has 1 N–H and O–H groups in total. The number of hydrogen-bond acceptors (Lipinski definition) is 5. The summed E-state index contributed by atoms with van der Waals surface area (Å²) in [5, 5.41) is 4.98. The molecule has 108 valence electrons. The molecule has 0 aliphatic heterocycles. The van der Waals surface area contributed by atoms with Gasteiger partial charge in [-0.3, -0.25) is 0 Å². The number of nitrogens with one attached hydrogen (secondary N) is 1. The minimum atomic E-state index is -3.60. The van der Waals surface area contributed by atoms with Crippen molar-refractivity contribution >= 4 is 38.8 Å². The van der Waals surface area contributed by atoms with Crippen molar-refractivity contribution in [2.45, 2.75) is 11.4 Å². The SMILES string of the molecule is CNc1ncc(S(=O)(=O)N(C)Cc2cccs2)cc1Cl. The van der Waals surface area contributed by atoms with Crippen LogP contribution in [0.25, 0.3) is 0 Å². The van der Waals surface area contributed by atoms with Gasteiger partial charge in [0.2, 0.25) is 10.0 Å². The maximum atomic E-state index is 12.4. The van der Waals surface area contributed by atoms with Crippen LogP contribution in [0, 0.1) is 0 Å². The van der Waals surface area contributed by atoms with Gasteiger partial charge in [0.1, 0.15) is 10.7 Å². The Hall–Kier alpha value is -1.15. The van der Waals surface area contributed by atoms with Crippen LogP contribution in [-0.2, 0) is 16.6 Å². The summed E-state index contributed by atoms with van der Waals surface area (Å²) in [6.07, 6.45) is 1.30. The van der Waals surface area contributed by atoms with Crippen molar-refractivity contribution in [2.75, 3.05) is 19.4 Å². The van der Waals surface area contributed by atoms with E-state index < -0.39 is 10.0 Å². The third-order valence-electron chi connectivity index (χ3n) is 2.72. The second-order valence-corrected chi connectivity index (χ2v) is 7.58. The van der Waals surface area contributed by atoms with Gasteiger partial charge in [-0.1, -0.05) is 17.7 Å². The molecule has 0 spiro atoms. The van der Waals surface area contributed by atoms with Crippen LogP contribution in [0.2, 0.25) is 5.02 Å². The molecule has 5 nitrogen and oxygen atoms in total. The van der Waals surface area contributed by atoms with E-state index >= 15 is 0 Å². The van der Waals surface area contributed by atoms with E-state index in [1.165, 1.54) is 35.0 Å². The molecule has 2 aromatic heterocycles.